The molecule has 4 heterocycles. The molecule has 0 saturated carbocycles. The molecule has 2 aliphatic rings. The number of ether oxygens (including phenoxy) is 5. The van der Waals surface area contributed by atoms with Gasteiger partial charge in [-0.1, -0.05) is 6.92 Å². The molecule has 2 aromatic heterocycles. The van der Waals surface area contributed by atoms with Crippen molar-refractivity contribution in [2.75, 3.05) is 60.2 Å². The summed E-state index contributed by atoms with van der Waals surface area (Å²) in [5, 5.41) is 3.73. The van der Waals surface area contributed by atoms with Crippen molar-refractivity contribution in [2.45, 2.75) is 25.9 Å². The van der Waals surface area contributed by atoms with Gasteiger partial charge in [0.05, 0.1) is 44.0 Å². The van der Waals surface area contributed by atoms with E-state index in [2.05, 4.69) is 22.1 Å². The SMILES string of the molecule is CC[C@@H](Oc1nc(-c2cc(OC)c(OCCN3CCOCC3)c(OC)c2)cc2ncccc12)[C@H]1CNC(=O)C1. The van der Waals surface area contributed by atoms with Crippen LogP contribution in [0.5, 0.6) is 23.1 Å². The number of hydrogen-bond acceptors (Lipinski definition) is 9. The van der Waals surface area contributed by atoms with Crippen molar-refractivity contribution in [1.29, 1.82) is 0 Å². The molecule has 0 unspecified atom stereocenters. The molecule has 0 radical (unpaired) electrons. The smallest absolute Gasteiger partial charge is 0.223 e. The van der Waals surface area contributed by atoms with Gasteiger partial charge in [0, 0.05) is 50.3 Å². The van der Waals surface area contributed by atoms with E-state index < -0.39 is 0 Å². The summed E-state index contributed by atoms with van der Waals surface area (Å²) in [6.07, 6.45) is 2.81. The van der Waals surface area contributed by atoms with E-state index in [1.165, 1.54) is 0 Å². The highest BCUT2D eigenvalue weighted by atomic mass is 16.5. The third kappa shape index (κ3) is 6.17. The number of nitrogens with zero attached hydrogens (tertiary/aromatic N) is 3. The average Bonchev–Trinajstić information content (AvgIpc) is 3.41. The summed E-state index contributed by atoms with van der Waals surface area (Å²) in [6, 6.07) is 9.53. The van der Waals surface area contributed by atoms with Crippen LogP contribution >= 0.6 is 0 Å². The lowest BCUT2D eigenvalue weighted by Gasteiger charge is -2.26. The molecule has 5 rings (SSSR count). The minimum absolute atomic E-state index is 0.0572. The highest BCUT2D eigenvalue weighted by Crippen LogP contribution is 2.42. The second-order valence-corrected chi connectivity index (χ2v) is 9.73. The summed E-state index contributed by atoms with van der Waals surface area (Å²) in [4.78, 5) is 23.6. The maximum absolute atomic E-state index is 11.8. The van der Waals surface area contributed by atoms with Crippen LogP contribution in [0.25, 0.3) is 22.2 Å². The Kier molecular flexibility index (Phi) is 8.63. The molecule has 1 N–H and O–H groups in total. The van der Waals surface area contributed by atoms with Gasteiger partial charge in [-0.3, -0.25) is 14.7 Å². The first-order valence-corrected chi connectivity index (χ1v) is 13.5. The zero-order valence-electron chi connectivity index (χ0n) is 22.8. The lowest BCUT2D eigenvalue weighted by Crippen LogP contribution is -2.38. The predicted molar refractivity (Wildman–Crippen MR) is 147 cm³/mol. The zero-order valence-corrected chi connectivity index (χ0v) is 22.8. The van der Waals surface area contributed by atoms with Gasteiger partial charge < -0.3 is 29.0 Å². The Morgan fingerprint density at radius 2 is 1.92 bits per heavy atom. The number of morpholine rings is 1. The zero-order chi connectivity index (χ0) is 27.2. The van der Waals surface area contributed by atoms with E-state index >= 15 is 0 Å². The molecule has 39 heavy (non-hydrogen) atoms. The number of carbonyl (C=O) groups is 1. The van der Waals surface area contributed by atoms with Crippen LogP contribution in [0.15, 0.2) is 36.5 Å². The molecule has 3 aromatic rings. The third-order valence-corrected chi connectivity index (χ3v) is 7.28. The standard InChI is InChI=1S/C29H36N4O6/c1-4-24(20-16-27(34)31-18-20)39-29-21-6-5-7-30-23(21)17-22(32-29)19-14-25(35-2)28(26(15-19)36-3)38-13-10-33-8-11-37-12-9-33/h5-7,14-15,17,20,24H,4,8-13,16,18H2,1-3H3,(H,31,34)/t20-,24-/m1/s1. The van der Waals surface area contributed by atoms with Crippen molar-refractivity contribution in [1.82, 2.24) is 20.2 Å². The predicted octanol–water partition coefficient (Wildman–Crippen LogP) is 3.32. The van der Waals surface area contributed by atoms with E-state index in [1.807, 2.05) is 30.3 Å². The van der Waals surface area contributed by atoms with Crippen LogP contribution in [-0.2, 0) is 9.53 Å². The first kappa shape index (κ1) is 27.0. The molecular formula is C29H36N4O6. The third-order valence-electron chi connectivity index (χ3n) is 7.28. The van der Waals surface area contributed by atoms with Gasteiger partial charge in [-0.2, -0.15) is 0 Å². The van der Waals surface area contributed by atoms with E-state index in [9.17, 15) is 4.79 Å². The fourth-order valence-electron chi connectivity index (χ4n) is 5.10. The maximum atomic E-state index is 11.8. The first-order valence-electron chi connectivity index (χ1n) is 13.5. The highest BCUT2D eigenvalue weighted by Gasteiger charge is 2.30. The number of hydrogen-bond donors (Lipinski definition) is 1. The first-order chi connectivity index (χ1) is 19.1. The molecule has 0 spiro atoms. The van der Waals surface area contributed by atoms with Gasteiger partial charge in [0.2, 0.25) is 17.5 Å². The summed E-state index contributed by atoms with van der Waals surface area (Å²) in [5.74, 6) is 2.30. The molecule has 2 atom stereocenters. The van der Waals surface area contributed by atoms with Gasteiger partial charge >= 0.3 is 0 Å². The number of rotatable bonds is 11. The second-order valence-electron chi connectivity index (χ2n) is 9.73. The summed E-state index contributed by atoms with van der Waals surface area (Å²) in [5.41, 5.74) is 2.22. The lowest BCUT2D eigenvalue weighted by molar-refractivity contribution is -0.119. The fourth-order valence-corrected chi connectivity index (χ4v) is 5.10. The van der Waals surface area contributed by atoms with Gasteiger partial charge in [0.25, 0.3) is 0 Å². The van der Waals surface area contributed by atoms with Crippen LogP contribution in [0.2, 0.25) is 0 Å². The topological polar surface area (TPSA) is 104 Å². The quantitative estimate of drug-likeness (QED) is 0.395. The lowest BCUT2D eigenvalue weighted by atomic mass is 9.99. The number of pyridine rings is 2. The molecule has 2 aliphatic heterocycles. The summed E-state index contributed by atoms with van der Waals surface area (Å²) in [6.45, 7) is 7.24. The summed E-state index contributed by atoms with van der Waals surface area (Å²) >= 11 is 0. The molecular weight excluding hydrogens is 500 g/mol. The summed E-state index contributed by atoms with van der Waals surface area (Å²) in [7, 11) is 3.22. The maximum Gasteiger partial charge on any atom is 0.223 e. The van der Waals surface area contributed by atoms with Crippen LogP contribution in [0.1, 0.15) is 19.8 Å². The van der Waals surface area contributed by atoms with Crippen LogP contribution in [-0.4, -0.2) is 87.1 Å². The molecule has 10 heteroatoms. The number of amides is 1. The second kappa shape index (κ2) is 12.5. The Hall–Kier alpha value is -3.63. The number of benzene rings is 1. The van der Waals surface area contributed by atoms with Crippen molar-refractivity contribution in [3.63, 3.8) is 0 Å². The number of aromatic nitrogens is 2. The number of fused-ring (bicyclic) bond motifs is 1. The molecule has 2 fully saturated rings. The number of nitrogens with one attached hydrogen (secondary N) is 1. The molecule has 2 saturated heterocycles. The largest absolute Gasteiger partial charge is 0.493 e. The van der Waals surface area contributed by atoms with Gasteiger partial charge in [0.1, 0.15) is 12.7 Å². The van der Waals surface area contributed by atoms with Gasteiger partial charge in [-0.25, -0.2) is 4.98 Å². The normalized spacial score (nSPS) is 18.5. The van der Waals surface area contributed by atoms with Gasteiger partial charge in [0.15, 0.2) is 11.5 Å². The Bertz CT molecular complexity index is 1270. The molecule has 1 aromatic carbocycles. The summed E-state index contributed by atoms with van der Waals surface area (Å²) < 4.78 is 29.5. The fraction of sp³-hybridized carbons (Fsp3) is 0.483. The number of carbonyl (C=O) groups excluding carboxylic acids is 1. The van der Waals surface area contributed by atoms with Crippen molar-refractivity contribution in [3.05, 3.63) is 36.5 Å². The van der Waals surface area contributed by atoms with E-state index in [0.717, 1.165) is 55.7 Å². The molecule has 208 valence electrons. The highest BCUT2D eigenvalue weighted by molar-refractivity contribution is 5.87. The molecule has 0 bridgehead atoms. The van der Waals surface area contributed by atoms with Crippen molar-refractivity contribution < 1.29 is 28.5 Å². The monoisotopic (exact) mass is 536 g/mol. The molecule has 10 nitrogen and oxygen atoms in total. The van der Waals surface area contributed by atoms with Crippen LogP contribution < -0.4 is 24.3 Å². The van der Waals surface area contributed by atoms with E-state index in [4.69, 9.17) is 28.7 Å². The Balaban J connectivity index is 1.44. The molecule has 0 aliphatic carbocycles. The van der Waals surface area contributed by atoms with E-state index in [0.29, 0.717) is 48.4 Å². The average molecular weight is 537 g/mol. The minimum Gasteiger partial charge on any atom is -0.493 e. The van der Waals surface area contributed by atoms with Crippen molar-refractivity contribution in [3.8, 4) is 34.4 Å². The van der Waals surface area contributed by atoms with E-state index in [-0.39, 0.29) is 17.9 Å². The van der Waals surface area contributed by atoms with Crippen molar-refractivity contribution in [2.24, 2.45) is 5.92 Å². The number of methoxy groups -OCH3 is 2. The minimum atomic E-state index is -0.151. The van der Waals surface area contributed by atoms with Crippen LogP contribution in [0.3, 0.4) is 0 Å². The van der Waals surface area contributed by atoms with Gasteiger partial charge in [-0.15, -0.1) is 0 Å². The Morgan fingerprint density at radius 3 is 2.59 bits per heavy atom. The van der Waals surface area contributed by atoms with Crippen LogP contribution in [0.4, 0.5) is 0 Å². The van der Waals surface area contributed by atoms with Crippen LogP contribution in [0, 0.1) is 5.92 Å². The Morgan fingerprint density at radius 1 is 1.15 bits per heavy atom. The Labute approximate surface area is 228 Å². The van der Waals surface area contributed by atoms with E-state index in [1.54, 1.807) is 20.4 Å². The molecule has 1 amide bonds. The van der Waals surface area contributed by atoms with Crippen molar-refractivity contribution >= 4 is 16.8 Å². The van der Waals surface area contributed by atoms with Gasteiger partial charge in [-0.05, 0) is 36.8 Å².